The molecule has 9 nitrogen and oxygen atoms in total. The molecule has 0 aliphatic rings. The Hall–Kier alpha value is -4.25. The van der Waals surface area contributed by atoms with Crippen molar-refractivity contribution in [3.05, 3.63) is 74.3 Å². The van der Waals surface area contributed by atoms with E-state index in [0.29, 0.717) is 47.8 Å². The number of aryl methyl sites for hydroxylation is 2. The fourth-order valence-electron chi connectivity index (χ4n) is 3.96. The predicted molar refractivity (Wildman–Crippen MR) is 129 cm³/mol. The third-order valence-corrected chi connectivity index (χ3v) is 6.88. The number of nitriles is 2. The van der Waals surface area contributed by atoms with Gasteiger partial charge >= 0.3 is 5.69 Å². The number of rotatable bonds is 4. The summed E-state index contributed by atoms with van der Waals surface area (Å²) in [6.45, 7) is 0.0950. The fraction of sp³-hybridized carbons (Fsp3) is 0.130. The van der Waals surface area contributed by atoms with E-state index < -0.39 is 11.2 Å². The van der Waals surface area contributed by atoms with Crippen LogP contribution >= 0.6 is 22.9 Å². The van der Waals surface area contributed by atoms with Gasteiger partial charge in [-0.1, -0.05) is 11.6 Å². The van der Waals surface area contributed by atoms with Crippen molar-refractivity contribution in [2.24, 2.45) is 7.05 Å². The van der Waals surface area contributed by atoms with E-state index in [1.165, 1.54) is 10.8 Å². The summed E-state index contributed by atoms with van der Waals surface area (Å²) in [6, 6.07) is 10.8. The van der Waals surface area contributed by atoms with Crippen LogP contribution in [0.3, 0.4) is 0 Å². The van der Waals surface area contributed by atoms with Gasteiger partial charge in [-0.05, 0) is 24.3 Å². The minimum Gasteiger partial charge on any atom is -0.291 e. The maximum Gasteiger partial charge on any atom is 0.336 e. The first-order chi connectivity index (χ1) is 16.4. The van der Waals surface area contributed by atoms with E-state index in [0.717, 1.165) is 15.9 Å². The second-order valence-corrected chi connectivity index (χ2v) is 8.96. The van der Waals surface area contributed by atoms with Crippen molar-refractivity contribution < 1.29 is 0 Å². The third-order valence-electron chi connectivity index (χ3n) is 5.50. The Morgan fingerprint density at radius 2 is 1.97 bits per heavy atom. The smallest absolute Gasteiger partial charge is 0.291 e. The zero-order valence-corrected chi connectivity index (χ0v) is 19.3. The SMILES string of the molecule is Cn1ncc2cncc(-n3c(=O)c4sc(-c5cc(Cl)ccc5C#N)cc4n(CCC#N)c3=O)c21. The third kappa shape index (κ3) is 3.28. The molecule has 1 aromatic carbocycles. The molecule has 0 amide bonds. The van der Waals surface area contributed by atoms with Gasteiger partial charge in [-0.3, -0.25) is 19.0 Å². The Bertz CT molecular complexity index is 1810. The lowest BCUT2D eigenvalue weighted by Gasteiger charge is -2.12. The normalized spacial score (nSPS) is 11.1. The topological polar surface area (TPSA) is 122 Å². The number of aromatic nitrogens is 5. The van der Waals surface area contributed by atoms with Gasteiger partial charge in [0.15, 0.2) is 0 Å². The van der Waals surface area contributed by atoms with Crippen molar-refractivity contribution in [3.63, 3.8) is 0 Å². The number of halogens is 1. The molecule has 0 aliphatic carbocycles. The van der Waals surface area contributed by atoms with Crippen LogP contribution < -0.4 is 11.2 Å². The Morgan fingerprint density at radius 3 is 2.74 bits per heavy atom. The summed E-state index contributed by atoms with van der Waals surface area (Å²) in [5.74, 6) is 0. The highest BCUT2D eigenvalue weighted by Crippen LogP contribution is 2.35. The number of hydrogen-bond donors (Lipinski definition) is 0. The highest BCUT2D eigenvalue weighted by molar-refractivity contribution is 7.22. The van der Waals surface area contributed by atoms with E-state index in [4.69, 9.17) is 16.9 Å². The first kappa shape index (κ1) is 21.6. The number of hydrogen-bond acceptors (Lipinski definition) is 7. The van der Waals surface area contributed by atoms with Gasteiger partial charge in [-0.2, -0.15) is 15.6 Å². The van der Waals surface area contributed by atoms with E-state index in [9.17, 15) is 14.9 Å². The number of nitrogens with zero attached hydrogens (tertiary/aromatic N) is 7. The first-order valence-electron chi connectivity index (χ1n) is 10.1. The van der Waals surface area contributed by atoms with Crippen molar-refractivity contribution in [3.8, 4) is 28.3 Å². The Kier molecular flexibility index (Phi) is 5.25. The van der Waals surface area contributed by atoms with Gasteiger partial charge in [0.25, 0.3) is 5.56 Å². The molecule has 4 aromatic heterocycles. The van der Waals surface area contributed by atoms with Crippen LogP contribution in [0, 0.1) is 22.7 Å². The van der Waals surface area contributed by atoms with Crippen LogP contribution in [-0.2, 0) is 13.6 Å². The molecule has 166 valence electrons. The second kappa shape index (κ2) is 8.27. The molecule has 5 aromatic rings. The summed E-state index contributed by atoms with van der Waals surface area (Å²) in [5.41, 5.74) is 1.15. The summed E-state index contributed by atoms with van der Waals surface area (Å²) in [7, 11) is 1.72. The predicted octanol–water partition coefficient (Wildman–Crippen LogP) is 3.60. The molecule has 0 unspecified atom stereocenters. The number of thiophene rings is 1. The average molecular weight is 488 g/mol. The van der Waals surface area contributed by atoms with Crippen LogP contribution in [-0.4, -0.2) is 23.9 Å². The van der Waals surface area contributed by atoms with Gasteiger partial charge in [0, 0.05) is 40.6 Å². The molecule has 0 radical (unpaired) electrons. The number of fused-ring (bicyclic) bond motifs is 2. The molecule has 34 heavy (non-hydrogen) atoms. The Morgan fingerprint density at radius 1 is 1.15 bits per heavy atom. The van der Waals surface area contributed by atoms with Crippen molar-refractivity contribution in [2.75, 3.05) is 0 Å². The molecule has 0 bridgehead atoms. The average Bonchev–Trinajstić information content (AvgIpc) is 3.44. The highest BCUT2D eigenvalue weighted by Gasteiger charge is 2.21. The summed E-state index contributed by atoms with van der Waals surface area (Å²) in [5, 5.41) is 24.1. The maximum absolute atomic E-state index is 13.7. The van der Waals surface area contributed by atoms with E-state index in [2.05, 4.69) is 22.2 Å². The molecule has 0 atom stereocenters. The lowest BCUT2D eigenvalue weighted by molar-refractivity contribution is 0.662. The Balaban J connectivity index is 1.88. The van der Waals surface area contributed by atoms with Crippen LogP contribution in [0.5, 0.6) is 0 Å². The molecule has 5 rings (SSSR count). The van der Waals surface area contributed by atoms with Gasteiger partial charge in [0.2, 0.25) is 0 Å². The van der Waals surface area contributed by atoms with E-state index >= 15 is 0 Å². The molecule has 4 heterocycles. The molecule has 0 N–H and O–H groups in total. The zero-order valence-electron chi connectivity index (χ0n) is 17.7. The molecule has 0 fully saturated rings. The van der Waals surface area contributed by atoms with Crippen molar-refractivity contribution in [1.82, 2.24) is 23.9 Å². The lowest BCUT2D eigenvalue weighted by atomic mass is 10.1. The van der Waals surface area contributed by atoms with Gasteiger partial charge in [0.05, 0.1) is 53.2 Å². The molecule has 0 aliphatic heterocycles. The summed E-state index contributed by atoms with van der Waals surface area (Å²) >= 11 is 7.33. The first-order valence-corrected chi connectivity index (χ1v) is 11.3. The molecule has 0 saturated heterocycles. The van der Waals surface area contributed by atoms with Gasteiger partial charge in [-0.15, -0.1) is 11.3 Å². The standard InChI is InChI=1S/C23H14ClN7O2S/c1-29-20-14(11-28-29)10-27-12-18(20)31-22(32)21-17(30(23(31)33)6-2-5-25)8-19(34-21)16-7-15(24)4-3-13(16)9-26/h3-4,7-8,10-12H,2,6H2,1H3. The zero-order chi connectivity index (χ0) is 24.0. The largest absolute Gasteiger partial charge is 0.336 e. The van der Waals surface area contributed by atoms with Crippen molar-refractivity contribution in [1.29, 1.82) is 10.5 Å². The van der Waals surface area contributed by atoms with E-state index in [1.807, 2.05) is 0 Å². The van der Waals surface area contributed by atoms with Gasteiger partial charge in [0.1, 0.15) is 4.70 Å². The lowest BCUT2D eigenvalue weighted by Crippen LogP contribution is -2.38. The summed E-state index contributed by atoms with van der Waals surface area (Å²) in [4.78, 5) is 32.1. The molecule has 11 heteroatoms. The van der Waals surface area contributed by atoms with Crippen molar-refractivity contribution in [2.45, 2.75) is 13.0 Å². The molecule has 0 saturated carbocycles. The van der Waals surface area contributed by atoms with Crippen LogP contribution in [0.4, 0.5) is 0 Å². The molecular weight excluding hydrogens is 474 g/mol. The van der Waals surface area contributed by atoms with Crippen LogP contribution in [0.2, 0.25) is 5.02 Å². The summed E-state index contributed by atoms with van der Waals surface area (Å²) < 4.78 is 4.37. The fourth-order valence-corrected chi connectivity index (χ4v) is 5.26. The van der Waals surface area contributed by atoms with Gasteiger partial charge in [-0.25, -0.2) is 9.36 Å². The second-order valence-electron chi connectivity index (χ2n) is 7.47. The minimum absolute atomic E-state index is 0.0765. The maximum atomic E-state index is 13.7. The molecular formula is C23H14ClN7O2S. The summed E-state index contributed by atoms with van der Waals surface area (Å²) in [6.07, 6.45) is 4.74. The van der Waals surface area contributed by atoms with E-state index in [-0.39, 0.29) is 13.0 Å². The van der Waals surface area contributed by atoms with Crippen LogP contribution in [0.15, 0.2) is 52.4 Å². The van der Waals surface area contributed by atoms with E-state index in [1.54, 1.807) is 48.4 Å². The highest BCUT2D eigenvalue weighted by atomic mass is 35.5. The minimum atomic E-state index is -0.584. The quantitative estimate of drug-likeness (QED) is 0.381. The van der Waals surface area contributed by atoms with Crippen LogP contribution in [0.25, 0.3) is 37.2 Å². The monoisotopic (exact) mass is 487 g/mol. The Labute approximate surface area is 200 Å². The number of benzene rings is 1. The van der Waals surface area contributed by atoms with Gasteiger partial charge < -0.3 is 0 Å². The molecule has 0 spiro atoms. The van der Waals surface area contributed by atoms with Crippen molar-refractivity contribution >= 4 is 44.1 Å². The number of pyridine rings is 1. The van der Waals surface area contributed by atoms with Crippen LogP contribution in [0.1, 0.15) is 12.0 Å².